The molecule has 0 bridgehead atoms. The number of carboxylic acid groups (broad SMARTS) is 1. The van der Waals surface area contributed by atoms with Gasteiger partial charge < -0.3 is 14.9 Å². The summed E-state index contributed by atoms with van der Waals surface area (Å²) in [6.45, 7) is 9.10. The molecule has 6 nitrogen and oxygen atoms in total. The number of hydrogen-bond acceptors (Lipinski definition) is 4. The molecule has 1 N–H and O–H groups in total. The fourth-order valence-electron chi connectivity index (χ4n) is 7.88. The van der Waals surface area contributed by atoms with Crippen LogP contribution in [0.1, 0.15) is 68.4 Å². The summed E-state index contributed by atoms with van der Waals surface area (Å²) in [6.07, 6.45) is 10.7. The van der Waals surface area contributed by atoms with Crippen LogP contribution in [0.25, 0.3) is 0 Å². The van der Waals surface area contributed by atoms with E-state index in [2.05, 4.69) is 63.7 Å². The van der Waals surface area contributed by atoms with E-state index in [0.717, 1.165) is 77.7 Å². The Morgan fingerprint density at radius 2 is 1.60 bits per heavy atom. The highest BCUT2D eigenvalue weighted by atomic mass is 16.4. The number of nitrogens with zero attached hydrogens (tertiary/aromatic N) is 3. The van der Waals surface area contributed by atoms with Crippen LogP contribution in [0.2, 0.25) is 0 Å². The molecule has 6 heteroatoms. The van der Waals surface area contributed by atoms with E-state index in [4.69, 9.17) is 0 Å². The molecule has 0 unspecified atom stereocenters. The first kappa shape index (κ1) is 30.5. The summed E-state index contributed by atoms with van der Waals surface area (Å²) in [6, 6.07) is 20.8. The molecule has 2 heterocycles. The number of piperidine rings is 1. The number of carboxylic acids is 1. The molecular formula is C36H49N3O3. The zero-order valence-electron chi connectivity index (χ0n) is 25.2. The zero-order chi connectivity index (χ0) is 29.3. The quantitative estimate of drug-likeness (QED) is 0.324. The van der Waals surface area contributed by atoms with Crippen molar-refractivity contribution < 1.29 is 14.7 Å². The Morgan fingerprint density at radius 1 is 0.929 bits per heavy atom. The van der Waals surface area contributed by atoms with Crippen molar-refractivity contribution in [2.24, 2.45) is 11.8 Å². The first-order chi connectivity index (χ1) is 20.5. The molecular weight excluding hydrogens is 522 g/mol. The first-order valence-electron chi connectivity index (χ1n) is 16.2. The highest BCUT2D eigenvalue weighted by molar-refractivity contribution is 5.77. The molecule has 1 saturated carbocycles. The molecule has 1 aliphatic carbocycles. The number of likely N-dealkylation sites (tertiary alicyclic amines) is 2. The molecule has 5 rings (SSSR count). The average Bonchev–Trinajstić information content (AvgIpc) is 3.43. The second kappa shape index (κ2) is 15.0. The van der Waals surface area contributed by atoms with Crippen LogP contribution in [0.3, 0.4) is 0 Å². The molecule has 2 aromatic carbocycles. The summed E-state index contributed by atoms with van der Waals surface area (Å²) in [5.41, 5.74) is 2.53. The minimum atomic E-state index is -0.644. The van der Waals surface area contributed by atoms with Gasteiger partial charge in [-0.15, -0.1) is 6.58 Å². The second-order valence-corrected chi connectivity index (χ2v) is 12.8. The van der Waals surface area contributed by atoms with Crippen LogP contribution in [0.5, 0.6) is 0 Å². The minimum Gasteiger partial charge on any atom is -0.480 e. The third kappa shape index (κ3) is 7.70. The highest BCUT2D eigenvalue weighted by Gasteiger charge is 2.43. The van der Waals surface area contributed by atoms with Gasteiger partial charge in [0.05, 0.1) is 0 Å². The van der Waals surface area contributed by atoms with E-state index < -0.39 is 5.97 Å². The summed E-state index contributed by atoms with van der Waals surface area (Å²) in [5, 5.41) is 10.3. The Hall–Kier alpha value is -2.96. The molecule has 2 saturated heterocycles. The monoisotopic (exact) mass is 571 g/mol. The van der Waals surface area contributed by atoms with Crippen molar-refractivity contribution >= 4 is 11.9 Å². The van der Waals surface area contributed by atoms with Gasteiger partial charge in [-0.3, -0.25) is 14.5 Å². The van der Waals surface area contributed by atoms with Crippen molar-refractivity contribution in [3.63, 3.8) is 0 Å². The van der Waals surface area contributed by atoms with Gasteiger partial charge in [0.2, 0.25) is 5.91 Å². The molecule has 42 heavy (non-hydrogen) atoms. The van der Waals surface area contributed by atoms with Gasteiger partial charge in [0.1, 0.15) is 6.04 Å². The number of aryl methyl sites for hydroxylation is 1. The van der Waals surface area contributed by atoms with Crippen LogP contribution in [0.4, 0.5) is 0 Å². The second-order valence-electron chi connectivity index (χ2n) is 12.8. The summed E-state index contributed by atoms with van der Waals surface area (Å²) in [7, 11) is 0. The Balaban J connectivity index is 1.21. The summed E-state index contributed by atoms with van der Waals surface area (Å²) in [4.78, 5) is 32.8. The Labute approximate surface area is 252 Å². The zero-order valence-corrected chi connectivity index (χ0v) is 25.2. The van der Waals surface area contributed by atoms with Crippen LogP contribution in [0, 0.1) is 11.8 Å². The summed E-state index contributed by atoms with van der Waals surface area (Å²) in [5.74, 6) is 0.569. The average molecular weight is 572 g/mol. The molecule has 0 aromatic heterocycles. The molecule has 2 aromatic rings. The third-order valence-electron chi connectivity index (χ3n) is 10.0. The van der Waals surface area contributed by atoms with E-state index in [-0.39, 0.29) is 23.9 Å². The predicted octanol–water partition coefficient (Wildman–Crippen LogP) is 5.85. The SMILES string of the molecule is C=CCN(C(=O)CCc1ccccc1)C1CCN(C[C@H]2CN([C@@H](C(=O)O)C3CCCCC3)C[C@@H]2c2ccccc2)CC1. The van der Waals surface area contributed by atoms with E-state index in [1.54, 1.807) is 0 Å². The van der Waals surface area contributed by atoms with Gasteiger partial charge in [-0.2, -0.15) is 0 Å². The van der Waals surface area contributed by atoms with E-state index in [1.807, 2.05) is 24.3 Å². The number of carbonyl (C=O) groups excluding carboxylic acids is 1. The van der Waals surface area contributed by atoms with Crippen molar-refractivity contribution in [1.29, 1.82) is 0 Å². The predicted molar refractivity (Wildman–Crippen MR) is 168 cm³/mol. The maximum Gasteiger partial charge on any atom is 0.321 e. The fourth-order valence-corrected chi connectivity index (χ4v) is 7.88. The van der Waals surface area contributed by atoms with Crippen molar-refractivity contribution in [3.8, 4) is 0 Å². The number of amides is 1. The van der Waals surface area contributed by atoms with Crippen LogP contribution < -0.4 is 0 Å². The van der Waals surface area contributed by atoms with Gasteiger partial charge in [-0.1, -0.05) is 86.0 Å². The number of aliphatic carboxylic acids is 1. The van der Waals surface area contributed by atoms with Crippen LogP contribution in [-0.4, -0.2) is 83.0 Å². The van der Waals surface area contributed by atoms with Crippen molar-refractivity contribution in [2.75, 3.05) is 39.3 Å². The fraction of sp³-hybridized carbons (Fsp3) is 0.556. The Kier molecular flexibility index (Phi) is 10.9. The standard InChI is InChI=1S/C36H49N3O3/c1-2-22-39(34(40)19-18-28-12-6-3-7-13-28)32-20-23-37(24-21-32)25-31-26-38(27-33(31)29-14-8-4-9-15-29)35(36(41)42)30-16-10-5-11-17-30/h2-4,6-9,12-15,30-33,35H,1,5,10-11,16-27H2,(H,41,42)/t31-,33+,35+/m0/s1. The van der Waals surface area contributed by atoms with Crippen molar-refractivity contribution in [3.05, 3.63) is 84.4 Å². The molecule has 226 valence electrons. The lowest BCUT2D eigenvalue weighted by molar-refractivity contribution is -0.145. The van der Waals surface area contributed by atoms with Crippen LogP contribution in [0.15, 0.2) is 73.3 Å². The normalized spacial score (nSPS) is 23.4. The van der Waals surface area contributed by atoms with Gasteiger partial charge in [0, 0.05) is 57.6 Å². The van der Waals surface area contributed by atoms with Gasteiger partial charge >= 0.3 is 5.97 Å². The smallest absolute Gasteiger partial charge is 0.321 e. The molecule has 2 aliphatic heterocycles. The lowest BCUT2D eigenvalue weighted by Crippen LogP contribution is -2.49. The van der Waals surface area contributed by atoms with Crippen LogP contribution >= 0.6 is 0 Å². The molecule has 1 amide bonds. The molecule has 3 atom stereocenters. The van der Waals surface area contributed by atoms with Crippen molar-refractivity contribution in [2.45, 2.75) is 75.8 Å². The van der Waals surface area contributed by atoms with Gasteiger partial charge in [0.25, 0.3) is 0 Å². The van der Waals surface area contributed by atoms with E-state index in [9.17, 15) is 14.7 Å². The van der Waals surface area contributed by atoms with Gasteiger partial charge in [-0.25, -0.2) is 0 Å². The lowest BCUT2D eigenvalue weighted by atomic mass is 9.83. The van der Waals surface area contributed by atoms with E-state index in [1.165, 1.54) is 17.5 Å². The Bertz CT molecular complexity index is 1140. The highest BCUT2D eigenvalue weighted by Crippen LogP contribution is 2.38. The lowest BCUT2D eigenvalue weighted by Gasteiger charge is -2.39. The Morgan fingerprint density at radius 3 is 2.24 bits per heavy atom. The minimum absolute atomic E-state index is 0.218. The van der Waals surface area contributed by atoms with Gasteiger partial charge in [0.15, 0.2) is 0 Å². The summed E-state index contributed by atoms with van der Waals surface area (Å²) < 4.78 is 0. The maximum absolute atomic E-state index is 13.3. The van der Waals surface area contributed by atoms with Crippen LogP contribution in [-0.2, 0) is 16.0 Å². The number of rotatable bonds is 12. The molecule has 3 aliphatic rings. The number of hydrogen-bond donors (Lipinski definition) is 1. The molecule has 3 fully saturated rings. The van der Waals surface area contributed by atoms with E-state index in [0.29, 0.717) is 24.8 Å². The number of carbonyl (C=O) groups is 2. The first-order valence-corrected chi connectivity index (χ1v) is 16.2. The van der Waals surface area contributed by atoms with E-state index >= 15 is 0 Å². The van der Waals surface area contributed by atoms with Crippen molar-refractivity contribution in [1.82, 2.24) is 14.7 Å². The molecule has 0 radical (unpaired) electrons. The maximum atomic E-state index is 13.3. The third-order valence-corrected chi connectivity index (χ3v) is 10.0. The molecule has 0 spiro atoms. The number of benzene rings is 2. The summed E-state index contributed by atoms with van der Waals surface area (Å²) >= 11 is 0. The topological polar surface area (TPSA) is 64.1 Å². The van der Waals surface area contributed by atoms with Gasteiger partial charge in [-0.05, 0) is 55.1 Å². The largest absolute Gasteiger partial charge is 0.480 e.